The third-order valence-electron chi connectivity index (χ3n) is 3.39. The molecule has 1 aliphatic heterocycles. The molecule has 0 aromatic heterocycles. The van der Waals surface area contributed by atoms with Crippen LogP contribution in [0.4, 0.5) is 0 Å². The largest absolute Gasteiger partial charge is 0.345 e. The van der Waals surface area contributed by atoms with Gasteiger partial charge in [-0.1, -0.05) is 34.1 Å². The lowest BCUT2D eigenvalue weighted by Crippen LogP contribution is -2.63. The van der Waals surface area contributed by atoms with E-state index < -0.39 is 0 Å². The van der Waals surface area contributed by atoms with Gasteiger partial charge in [0.25, 0.3) is 0 Å². The molecule has 17 heavy (non-hydrogen) atoms. The molecule has 1 saturated heterocycles. The molecule has 0 saturated carbocycles. The summed E-state index contributed by atoms with van der Waals surface area (Å²) in [5.41, 5.74) is 0. The number of nitrogens with zero attached hydrogens (tertiary/aromatic N) is 1. The van der Waals surface area contributed by atoms with Gasteiger partial charge in [-0.2, -0.15) is 0 Å². The molecular weight excluding hydrogens is 216 g/mol. The number of hydrogen-bond acceptors (Lipinski definition) is 2. The van der Waals surface area contributed by atoms with E-state index in [1.165, 1.54) is 0 Å². The van der Waals surface area contributed by atoms with Gasteiger partial charge in [-0.3, -0.25) is 9.59 Å². The maximum Gasteiger partial charge on any atom is 0.243 e. The van der Waals surface area contributed by atoms with E-state index >= 15 is 0 Å². The number of amides is 2. The smallest absolute Gasteiger partial charge is 0.243 e. The van der Waals surface area contributed by atoms with Crippen LogP contribution in [0.2, 0.25) is 0 Å². The average Bonchev–Trinajstić information content (AvgIpc) is 2.28. The topological polar surface area (TPSA) is 49.4 Å². The first-order valence-corrected chi connectivity index (χ1v) is 6.61. The van der Waals surface area contributed by atoms with Crippen molar-refractivity contribution in [3.63, 3.8) is 0 Å². The Morgan fingerprint density at radius 3 is 2.47 bits per heavy atom. The zero-order chi connectivity index (χ0) is 13.0. The minimum absolute atomic E-state index is 0.00541. The van der Waals surface area contributed by atoms with Gasteiger partial charge in [0, 0.05) is 6.04 Å². The Hall–Kier alpha value is -1.06. The lowest BCUT2D eigenvalue weighted by atomic mass is 9.95. The molecular formula is C13H24N2O2. The second-order valence-corrected chi connectivity index (χ2v) is 5.06. The van der Waals surface area contributed by atoms with Crippen molar-refractivity contribution in [3.8, 4) is 0 Å². The number of carbonyl (C=O) groups is 2. The van der Waals surface area contributed by atoms with Gasteiger partial charge in [0.2, 0.25) is 11.8 Å². The van der Waals surface area contributed by atoms with E-state index in [-0.39, 0.29) is 36.4 Å². The maximum absolute atomic E-state index is 12.0. The molecule has 0 bridgehead atoms. The molecule has 0 aromatic carbocycles. The van der Waals surface area contributed by atoms with E-state index in [1.807, 2.05) is 18.7 Å². The highest BCUT2D eigenvalue weighted by Crippen LogP contribution is 2.22. The fraction of sp³-hybridized carbons (Fsp3) is 0.846. The van der Waals surface area contributed by atoms with Crippen LogP contribution in [0.5, 0.6) is 0 Å². The molecule has 0 aliphatic carbocycles. The third kappa shape index (κ3) is 2.99. The van der Waals surface area contributed by atoms with E-state index in [2.05, 4.69) is 19.2 Å². The predicted octanol–water partition coefficient (Wildman–Crippen LogP) is 1.55. The van der Waals surface area contributed by atoms with Gasteiger partial charge in [-0.05, 0) is 18.8 Å². The standard InChI is InChI=1S/C13H24N2O2/c1-5-7-10(6-2)15-11(16)8-14-13(17)12(15)9(3)4/h9-10,12H,5-8H2,1-4H3,(H,14,17). The van der Waals surface area contributed by atoms with Crippen LogP contribution in [0.15, 0.2) is 0 Å². The lowest BCUT2D eigenvalue weighted by Gasteiger charge is -2.42. The van der Waals surface area contributed by atoms with E-state index in [0.717, 1.165) is 19.3 Å². The van der Waals surface area contributed by atoms with Gasteiger partial charge >= 0.3 is 0 Å². The molecule has 1 aliphatic rings. The molecule has 1 fully saturated rings. The summed E-state index contributed by atoms with van der Waals surface area (Å²) in [5, 5.41) is 2.68. The number of hydrogen-bond donors (Lipinski definition) is 1. The van der Waals surface area contributed by atoms with Gasteiger partial charge in [0.15, 0.2) is 0 Å². The zero-order valence-electron chi connectivity index (χ0n) is 11.3. The van der Waals surface area contributed by atoms with Crippen molar-refractivity contribution in [1.29, 1.82) is 0 Å². The summed E-state index contributed by atoms with van der Waals surface area (Å²) >= 11 is 0. The van der Waals surface area contributed by atoms with E-state index in [4.69, 9.17) is 0 Å². The van der Waals surface area contributed by atoms with Crippen LogP contribution in [0.25, 0.3) is 0 Å². The first-order chi connectivity index (χ1) is 8.02. The molecule has 4 heteroatoms. The van der Waals surface area contributed by atoms with Gasteiger partial charge in [0.05, 0.1) is 6.54 Å². The highest BCUT2D eigenvalue weighted by Gasteiger charge is 2.39. The second kappa shape index (κ2) is 6.03. The van der Waals surface area contributed by atoms with Crippen molar-refractivity contribution < 1.29 is 9.59 Å². The minimum Gasteiger partial charge on any atom is -0.345 e. The van der Waals surface area contributed by atoms with E-state index in [1.54, 1.807) is 0 Å². The molecule has 0 aromatic rings. The molecule has 2 atom stereocenters. The fourth-order valence-corrected chi connectivity index (χ4v) is 2.57. The maximum atomic E-state index is 12.0. The summed E-state index contributed by atoms with van der Waals surface area (Å²) in [4.78, 5) is 25.8. The van der Waals surface area contributed by atoms with Gasteiger partial charge < -0.3 is 10.2 Å². The Labute approximate surface area is 104 Å². The molecule has 98 valence electrons. The quantitative estimate of drug-likeness (QED) is 0.792. The van der Waals surface area contributed by atoms with Crippen LogP contribution in [0.3, 0.4) is 0 Å². The Kier molecular flexibility index (Phi) is 4.97. The normalized spacial score (nSPS) is 22.9. The Balaban J connectivity index is 2.94. The minimum atomic E-state index is -0.298. The van der Waals surface area contributed by atoms with Crippen molar-refractivity contribution in [2.24, 2.45) is 5.92 Å². The summed E-state index contributed by atoms with van der Waals surface area (Å²) in [6, 6.07) is -0.0984. The van der Waals surface area contributed by atoms with Crippen LogP contribution in [-0.2, 0) is 9.59 Å². The molecule has 4 nitrogen and oxygen atoms in total. The van der Waals surface area contributed by atoms with Gasteiger partial charge in [0.1, 0.15) is 6.04 Å². The Morgan fingerprint density at radius 1 is 1.35 bits per heavy atom. The lowest BCUT2D eigenvalue weighted by molar-refractivity contribution is -0.150. The average molecular weight is 240 g/mol. The molecule has 0 radical (unpaired) electrons. The second-order valence-electron chi connectivity index (χ2n) is 5.06. The van der Waals surface area contributed by atoms with E-state index in [0.29, 0.717) is 0 Å². The van der Waals surface area contributed by atoms with Crippen molar-refractivity contribution in [2.45, 2.75) is 59.0 Å². The molecule has 2 amide bonds. The van der Waals surface area contributed by atoms with E-state index in [9.17, 15) is 9.59 Å². The van der Waals surface area contributed by atoms with Crippen LogP contribution >= 0.6 is 0 Å². The van der Waals surface area contributed by atoms with Crippen LogP contribution in [0.1, 0.15) is 47.0 Å². The van der Waals surface area contributed by atoms with Crippen molar-refractivity contribution >= 4 is 11.8 Å². The zero-order valence-corrected chi connectivity index (χ0v) is 11.3. The van der Waals surface area contributed by atoms with Gasteiger partial charge in [-0.25, -0.2) is 0 Å². The molecule has 1 N–H and O–H groups in total. The fourth-order valence-electron chi connectivity index (χ4n) is 2.57. The predicted molar refractivity (Wildman–Crippen MR) is 67.5 cm³/mol. The molecule has 2 unspecified atom stereocenters. The monoisotopic (exact) mass is 240 g/mol. The van der Waals surface area contributed by atoms with Crippen LogP contribution in [-0.4, -0.2) is 35.3 Å². The van der Waals surface area contributed by atoms with Crippen LogP contribution < -0.4 is 5.32 Å². The third-order valence-corrected chi connectivity index (χ3v) is 3.39. The molecule has 1 rings (SSSR count). The van der Waals surface area contributed by atoms with Gasteiger partial charge in [-0.15, -0.1) is 0 Å². The first-order valence-electron chi connectivity index (χ1n) is 6.61. The van der Waals surface area contributed by atoms with Crippen LogP contribution in [0, 0.1) is 5.92 Å². The number of nitrogens with one attached hydrogen (secondary N) is 1. The first kappa shape index (κ1) is 14.0. The summed E-state index contributed by atoms with van der Waals surface area (Å²) < 4.78 is 0. The van der Waals surface area contributed by atoms with Crippen molar-refractivity contribution in [2.75, 3.05) is 6.54 Å². The number of rotatable bonds is 5. The molecule has 1 heterocycles. The van der Waals surface area contributed by atoms with Crippen molar-refractivity contribution in [1.82, 2.24) is 10.2 Å². The number of carbonyl (C=O) groups excluding carboxylic acids is 2. The summed E-state index contributed by atoms with van der Waals surface area (Å²) in [6.45, 7) is 8.34. The summed E-state index contributed by atoms with van der Waals surface area (Å²) in [7, 11) is 0. The Bertz CT molecular complexity index is 289. The highest BCUT2D eigenvalue weighted by atomic mass is 16.2. The highest BCUT2D eigenvalue weighted by molar-refractivity contribution is 5.95. The molecule has 0 spiro atoms. The van der Waals surface area contributed by atoms with Crippen molar-refractivity contribution in [3.05, 3.63) is 0 Å². The summed E-state index contributed by atoms with van der Waals surface area (Å²) in [5.74, 6) is 0.211. The SMILES string of the molecule is CCCC(CC)N1C(=O)CNC(=O)C1C(C)C. The Morgan fingerprint density at radius 2 is 2.00 bits per heavy atom. The number of piperazine rings is 1. The summed E-state index contributed by atoms with van der Waals surface area (Å²) in [6.07, 6.45) is 2.92.